The SMILES string of the molecule is CCCCCCCCCCCCP(C)(=O)O. The van der Waals surface area contributed by atoms with Gasteiger partial charge in [0, 0.05) is 12.8 Å². The molecule has 1 atom stereocenters. The van der Waals surface area contributed by atoms with Crippen molar-refractivity contribution in [1.82, 2.24) is 0 Å². The van der Waals surface area contributed by atoms with Crippen molar-refractivity contribution in [3.63, 3.8) is 0 Å². The zero-order valence-electron chi connectivity index (χ0n) is 11.1. The third kappa shape index (κ3) is 14.2. The van der Waals surface area contributed by atoms with Crippen LogP contribution < -0.4 is 0 Å². The molecule has 0 aromatic heterocycles. The highest BCUT2D eigenvalue weighted by Crippen LogP contribution is 2.36. The van der Waals surface area contributed by atoms with Crippen LogP contribution in [-0.2, 0) is 4.57 Å². The summed E-state index contributed by atoms with van der Waals surface area (Å²) in [5, 5.41) is 0. The summed E-state index contributed by atoms with van der Waals surface area (Å²) in [5.74, 6) is 0. The van der Waals surface area contributed by atoms with E-state index in [9.17, 15) is 4.57 Å². The molecule has 0 amide bonds. The highest BCUT2D eigenvalue weighted by atomic mass is 31.2. The maximum atomic E-state index is 11.0. The monoisotopic (exact) mass is 248 g/mol. The van der Waals surface area contributed by atoms with E-state index in [1.807, 2.05) is 0 Å². The standard InChI is InChI=1S/C13H29O2P/c1-3-4-5-6-7-8-9-10-11-12-13-16(2,14)15/h3-13H2,1-2H3,(H,14,15). The fourth-order valence-electron chi connectivity index (χ4n) is 1.89. The van der Waals surface area contributed by atoms with Gasteiger partial charge in [-0.3, -0.25) is 4.57 Å². The van der Waals surface area contributed by atoms with Crippen LogP contribution in [0.2, 0.25) is 0 Å². The molecule has 2 nitrogen and oxygen atoms in total. The maximum Gasteiger partial charge on any atom is 0.197 e. The van der Waals surface area contributed by atoms with Crippen molar-refractivity contribution in [3.05, 3.63) is 0 Å². The van der Waals surface area contributed by atoms with Crippen LogP contribution in [0.4, 0.5) is 0 Å². The quantitative estimate of drug-likeness (QED) is 0.421. The van der Waals surface area contributed by atoms with Gasteiger partial charge in [-0.1, -0.05) is 64.7 Å². The maximum absolute atomic E-state index is 11.0. The lowest BCUT2D eigenvalue weighted by molar-refractivity contribution is 0.480. The molecule has 0 heterocycles. The van der Waals surface area contributed by atoms with Gasteiger partial charge in [0.2, 0.25) is 0 Å². The minimum Gasteiger partial charge on any atom is -0.344 e. The van der Waals surface area contributed by atoms with E-state index in [-0.39, 0.29) is 0 Å². The Hall–Kier alpha value is 0.190. The molecule has 0 aromatic rings. The van der Waals surface area contributed by atoms with Gasteiger partial charge in [0.25, 0.3) is 0 Å². The molecule has 3 heteroatoms. The molecule has 0 aromatic carbocycles. The van der Waals surface area contributed by atoms with E-state index >= 15 is 0 Å². The Morgan fingerprint density at radius 2 is 1.19 bits per heavy atom. The second-order valence-corrected chi connectivity index (χ2v) is 7.51. The van der Waals surface area contributed by atoms with Gasteiger partial charge in [0.15, 0.2) is 7.37 Å². The number of rotatable bonds is 11. The topological polar surface area (TPSA) is 37.3 Å². The van der Waals surface area contributed by atoms with Crippen molar-refractivity contribution in [1.29, 1.82) is 0 Å². The van der Waals surface area contributed by atoms with E-state index < -0.39 is 7.37 Å². The molecule has 0 saturated carbocycles. The first-order valence-electron chi connectivity index (χ1n) is 6.85. The third-order valence-electron chi connectivity index (χ3n) is 2.93. The predicted octanol–water partition coefficient (Wildman–Crippen LogP) is 4.81. The molecule has 0 aliphatic carbocycles. The molecule has 0 rings (SSSR count). The smallest absolute Gasteiger partial charge is 0.197 e. The van der Waals surface area contributed by atoms with Crippen LogP contribution >= 0.6 is 7.37 Å². The van der Waals surface area contributed by atoms with Crippen molar-refractivity contribution < 1.29 is 9.46 Å². The molecule has 1 unspecified atom stereocenters. The van der Waals surface area contributed by atoms with Crippen molar-refractivity contribution in [3.8, 4) is 0 Å². The molecule has 0 saturated heterocycles. The largest absolute Gasteiger partial charge is 0.344 e. The highest BCUT2D eigenvalue weighted by Gasteiger charge is 2.07. The summed E-state index contributed by atoms with van der Waals surface area (Å²) < 4.78 is 11.0. The summed E-state index contributed by atoms with van der Waals surface area (Å²) >= 11 is 0. The first kappa shape index (κ1) is 16.2. The van der Waals surface area contributed by atoms with Crippen molar-refractivity contribution in [2.24, 2.45) is 0 Å². The number of unbranched alkanes of at least 4 members (excludes halogenated alkanes) is 9. The fraction of sp³-hybridized carbons (Fsp3) is 1.00. The van der Waals surface area contributed by atoms with Gasteiger partial charge in [-0.15, -0.1) is 0 Å². The molecule has 0 aliphatic heterocycles. The summed E-state index contributed by atoms with van der Waals surface area (Å²) in [5.41, 5.74) is 0. The van der Waals surface area contributed by atoms with Gasteiger partial charge in [-0.05, 0) is 6.42 Å². The Bertz CT molecular complexity index is 186. The van der Waals surface area contributed by atoms with Gasteiger partial charge < -0.3 is 4.89 Å². The number of hydrogen-bond acceptors (Lipinski definition) is 1. The van der Waals surface area contributed by atoms with Gasteiger partial charge >= 0.3 is 0 Å². The van der Waals surface area contributed by atoms with E-state index in [4.69, 9.17) is 4.89 Å². The van der Waals surface area contributed by atoms with Crippen molar-refractivity contribution in [2.75, 3.05) is 12.8 Å². The van der Waals surface area contributed by atoms with Gasteiger partial charge in [0.1, 0.15) is 0 Å². The van der Waals surface area contributed by atoms with E-state index in [0.29, 0.717) is 6.16 Å². The molecule has 0 bridgehead atoms. The molecule has 98 valence electrons. The molecule has 16 heavy (non-hydrogen) atoms. The highest BCUT2D eigenvalue weighted by molar-refractivity contribution is 7.57. The summed E-state index contributed by atoms with van der Waals surface area (Å²) in [6.07, 6.45) is 13.2. The van der Waals surface area contributed by atoms with E-state index in [2.05, 4.69) is 6.92 Å². The molecule has 0 spiro atoms. The van der Waals surface area contributed by atoms with Crippen LogP contribution in [0, 0.1) is 0 Å². The average Bonchev–Trinajstić information content (AvgIpc) is 2.19. The minimum atomic E-state index is -2.74. The lowest BCUT2D eigenvalue weighted by Gasteiger charge is -2.04. The van der Waals surface area contributed by atoms with Crippen LogP contribution in [0.3, 0.4) is 0 Å². The van der Waals surface area contributed by atoms with Crippen molar-refractivity contribution >= 4 is 7.37 Å². The normalized spacial score (nSPS) is 14.9. The summed E-state index contributed by atoms with van der Waals surface area (Å²) in [7, 11) is -2.74. The number of hydrogen-bond donors (Lipinski definition) is 1. The second-order valence-electron chi connectivity index (χ2n) is 4.96. The molecular formula is C13H29O2P. The lowest BCUT2D eigenvalue weighted by atomic mass is 10.1. The Morgan fingerprint density at radius 1 is 0.812 bits per heavy atom. The molecule has 1 N–H and O–H groups in total. The van der Waals surface area contributed by atoms with Gasteiger partial charge in [-0.25, -0.2) is 0 Å². The molecule has 0 fully saturated rings. The first-order valence-corrected chi connectivity index (χ1v) is 9.15. The third-order valence-corrected chi connectivity index (χ3v) is 4.07. The summed E-state index contributed by atoms with van der Waals surface area (Å²) in [4.78, 5) is 9.10. The average molecular weight is 248 g/mol. The van der Waals surface area contributed by atoms with Crippen LogP contribution in [-0.4, -0.2) is 17.7 Å². The Morgan fingerprint density at radius 3 is 1.56 bits per heavy atom. The summed E-state index contributed by atoms with van der Waals surface area (Å²) in [6, 6.07) is 0. The Labute approximate surface area is 101 Å². The van der Waals surface area contributed by atoms with Crippen LogP contribution in [0.15, 0.2) is 0 Å². The first-order chi connectivity index (χ1) is 7.56. The second kappa shape index (κ2) is 10.4. The van der Waals surface area contributed by atoms with Crippen LogP contribution in [0.5, 0.6) is 0 Å². The molecule has 0 radical (unpaired) electrons. The molecule has 0 aliphatic rings. The summed E-state index contributed by atoms with van der Waals surface area (Å²) in [6.45, 7) is 3.70. The Kier molecular flexibility index (Phi) is 10.5. The van der Waals surface area contributed by atoms with Gasteiger partial charge in [-0.2, -0.15) is 0 Å². The molecular weight excluding hydrogens is 219 g/mol. The lowest BCUT2D eigenvalue weighted by Crippen LogP contribution is -1.88. The van der Waals surface area contributed by atoms with Crippen LogP contribution in [0.25, 0.3) is 0 Å². The van der Waals surface area contributed by atoms with Crippen molar-refractivity contribution in [2.45, 2.75) is 71.1 Å². The predicted molar refractivity (Wildman–Crippen MR) is 72.5 cm³/mol. The zero-order valence-corrected chi connectivity index (χ0v) is 12.0. The van der Waals surface area contributed by atoms with E-state index in [1.54, 1.807) is 0 Å². The minimum absolute atomic E-state index is 0.503. The Balaban J connectivity index is 3.02. The van der Waals surface area contributed by atoms with E-state index in [1.165, 1.54) is 58.0 Å². The van der Waals surface area contributed by atoms with Gasteiger partial charge in [0.05, 0.1) is 0 Å². The fourth-order valence-corrected chi connectivity index (χ4v) is 2.70. The zero-order chi connectivity index (χ0) is 12.3. The van der Waals surface area contributed by atoms with E-state index in [0.717, 1.165) is 12.8 Å². The van der Waals surface area contributed by atoms with Crippen LogP contribution in [0.1, 0.15) is 71.1 Å².